The molecule has 2 aromatic carbocycles. The fourth-order valence-electron chi connectivity index (χ4n) is 3.63. The van der Waals surface area contributed by atoms with Crippen LogP contribution in [0, 0.1) is 5.82 Å². The van der Waals surface area contributed by atoms with E-state index in [0.717, 1.165) is 18.2 Å². The Kier molecular flexibility index (Phi) is 10.1. The van der Waals surface area contributed by atoms with Crippen LogP contribution < -0.4 is 20.7 Å². The highest BCUT2D eigenvalue weighted by Gasteiger charge is 2.36. The van der Waals surface area contributed by atoms with E-state index in [4.69, 9.17) is 13.8 Å². The lowest BCUT2D eigenvalue weighted by atomic mass is 10.1. The van der Waals surface area contributed by atoms with E-state index in [1.807, 2.05) is 0 Å². The number of alkyl halides is 3. The maximum atomic E-state index is 13.9. The molecule has 10 nitrogen and oxygen atoms in total. The molecule has 1 heterocycles. The predicted octanol–water partition coefficient (Wildman–Crippen LogP) is 6.26. The van der Waals surface area contributed by atoms with Gasteiger partial charge in [-0.1, -0.05) is 6.07 Å². The fraction of sp³-hybridized carbons (Fsp3) is 0.320. The van der Waals surface area contributed by atoms with Crippen molar-refractivity contribution in [2.24, 2.45) is 0 Å². The van der Waals surface area contributed by atoms with Gasteiger partial charge in [-0.2, -0.15) is 18.2 Å². The molecule has 0 aliphatic carbocycles. The van der Waals surface area contributed by atoms with Gasteiger partial charge in [0.05, 0.1) is 43.4 Å². The Morgan fingerprint density at radius 3 is 2.33 bits per heavy atom. The average molecular weight is 585 g/mol. The maximum absolute atomic E-state index is 13.9. The number of hydrogen-bond acceptors (Lipinski definition) is 9. The monoisotopic (exact) mass is 585 g/mol. The number of nitrogens with one attached hydrogen (secondary N) is 3. The second-order valence-electron chi connectivity index (χ2n) is 8.11. The Labute approximate surface area is 228 Å². The molecule has 15 heteroatoms. The number of carbonyl (C=O) groups excluding carboxylic acids is 1. The van der Waals surface area contributed by atoms with Crippen LogP contribution in [0.1, 0.15) is 35.3 Å². The van der Waals surface area contributed by atoms with Crippen LogP contribution in [0.3, 0.4) is 0 Å². The summed E-state index contributed by atoms with van der Waals surface area (Å²) in [6, 6.07) is 7.74. The van der Waals surface area contributed by atoms with Crippen LogP contribution in [0.5, 0.6) is 5.75 Å². The zero-order chi connectivity index (χ0) is 29.5. The van der Waals surface area contributed by atoms with Crippen LogP contribution in [0.2, 0.25) is 0 Å². The van der Waals surface area contributed by atoms with Gasteiger partial charge in [-0.05, 0) is 49.7 Å². The van der Waals surface area contributed by atoms with E-state index in [9.17, 15) is 26.9 Å². The van der Waals surface area contributed by atoms with Crippen LogP contribution >= 0.6 is 7.60 Å². The van der Waals surface area contributed by atoms with E-state index in [0.29, 0.717) is 11.8 Å². The van der Waals surface area contributed by atoms with Crippen molar-refractivity contribution in [1.82, 2.24) is 15.3 Å². The Balaban J connectivity index is 1.97. The van der Waals surface area contributed by atoms with Gasteiger partial charge in [0.2, 0.25) is 5.95 Å². The van der Waals surface area contributed by atoms with Crippen molar-refractivity contribution in [2.45, 2.75) is 26.2 Å². The number of amides is 1. The summed E-state index contributed by atoms with van der Waals surface area (Å²) in [7, 11) is -0.700. The summed E-state index contributed by atoms with van der Waals surface area (Å²) in [6.07, 6.45) is -4.34. The van der Waals surface area contributed by atoms with Gasteiger partial charge in [-0.15, -0.1) is 0 Å². The van der Waals surface area contributed by atoms with Gasteiger partial charge in [0, 0.05) is 13.2 Å². The topological polar surface area (TPSA) is 124 Å². The van der Waals surface area contributed by atoms with Crippen molar-refractivity contribution in [3.63, 3.8) is 0 Å². The molecule has 3 rings (SSSR count). The van der Waals surface area contributed by atoms with Crippen LogP contribution in [0.25, 0.3) is 0 Å². The molecule has 3 N–H and O–H groups in total. The number of benzene rings is 2. The van der Waals surface area contributed by atoms with E-state index in [2.05, 4.69) is 25.9 Å². The highest BCUT2D eigenvalue weighted by atomic mass is 31.2. The molecule has 216 valence electrons. The molecule has 0 bridgehead atoms. The lowest BCUT2D eigenvalue weighted by Gasteiger charge is -2.19. The van der Waals surface area contributed by atoms with Crippen molar-refractivity contribution < 1.29 is 40.7 Å². The third kappa shape index (κ3) is 7.68. The van der Waals surface area contributed by atoms with Gasteiger partial charge >= 0.3 is 13.8 Å². The van der Waals surface area contributed by atoms with E-state index in [1.54, 1.807) is 32.0 Å². The number of hydrogen-bond donors (Lipinski definition) is 3. The first kappa shape index (κ1) is 30.8. The zero-order valence-corrected chi connectivity index (χ0v) is 23.0. The molecule has 3 aromatic rings. The van der Waals surface area contributed by atoms with E-state index < -0.39 is 36.9 Å². The van der Waals surface area contributed by atoms with Crippen LogP contribution in [0.15, 0.2) is 42.6 Å². The summed E-state index contributed by atoms with van der Waals surface area (Å²) < 4.78 is 84.2. The molecule has 0 spiro atoms. The number of aromatic nitrogens is 2. The minimum Gasteiger partial charge on any atom is -0.495 e. The van der Waals surface area contributed by atoms with Gasteiger partial charge in [0.1, 0.15) is 22.9 Å². The summed E-state index contributed by atoms with van der Waals surface area (Å²) in [6.45, 7) is 3.77. The van der Waals surface area contributed by atoms with Crippen molar-refractivity contribution in [2.75, 3.05) is 38.0 Å². The molecular weight excluding hydrogens is 557 g/mol. The predicted molar refractivity (Wildman–Crippen MR) is 141 cm³/mol. The number of nitrogens with zero attached hydrogens (tertiary/aromatic N) is 2. The van der Waals surface area contributed by atoms with Crippen molar-refractivity contribution >= 4 is 36.6 Å². The number of anilines is 4. The van der Waals surface area contributed by atoms with E-state index in [1.165, 1.54) is 14.2 Å². The van der Waals surface area contributed by atoms with Crippen LogP contribution in [-0.4, -0.2) is 43.2 Å². The summed E-state index contributed by atoms with van der Waals surface area (Å²) in [4.78, 5) is 19.9. The van der Waals surface area contributed by atoms with Gasteiger partial charge < -0.3 is 29.7 Å². The first-order valence-corrected chi connectivity index (χ1v) is 13.7. The summed E-state index contributed by atoms with van der Waals surface area (Å²) in [5.41, 5.74) is -0.717. The molecule has 0 atom stereocenters. The average Bonchev–Trinajstić information content (AvgIpc) is 2.89. The molecule has 0 saturated heterocycles. The maximum Gasteiger partial charge on any atom is 0.421 e. The smallest absolute Gasteiger partial charge is 0.421 e. The Hall–Kier alpha value is -3.74. The molecule has 1 amide bonds. The SMILES string of the molecule is CCOP(=O)(Cc1ccc(Nc2ncc(C(F)(F)F)c(Nc3cc(F)ccc3C(=O)NC)n2)c(OC)c1)OCC. The number of methoxy groups -OCH3 is 1. The van der Waals surface area contributed by atoms with Crippen LogP contribution in [-0.2, 0) is 26.0 Å². The normalized spacial score (nSPS) is 11.7. The van der Waals surface area contributed by atoms with E-state index in [-0.39, 0.29) is 48.0 Å². The quantitative estimate of drug-likeness (QED) is 0.167. The van der Waals surface area contributed by atoms with Crippen molar-refractivity contribution in [3.8, 4) is 5.75 Å². The molecule has 0 unspecified atom stereocenters. The van der Waals surface area contributed by atoms with Crippen LogP contribution in [0.4, 0.5) is 40.7 Å². The second kappa shape index (κ2) is 13.1. The molecule has 0 radical (unpaired) electrons. The molecule has 1 aromatic heterocycles. The summed E-state index contributed by atoms with van der Waals surface area (Å²) in [5, 5.41) is 7.55. The Morgan fingerprint density at radius 2 is 1.73 bits per heavy atom. The number of ether oxygens (including phenoxy) is 1. The van der Waals surface area contributed by atoms with Gasteiger partial charge in [-0.25, -0.2) is 9.37 Å². The van der Waals surface area contributed by atoms with Gasteiger partial charge in [0.15, 0.2) is 0 Å². The lowest BCUT2D eigenvalue weighted by Crippen LogP contribution is -2.20. The molecule has 0 fully saturated rings. The standard InChI is InChI=1S/C25H28F4N5O5P/c1-5-38-40(36,39-6-2)14-15-7-10-19(21(11-15)37-4)33-24-31-13-18(25(27,28)29)22(34-24)32-20-12-16(26)8-9-17(20)23(35)30-3/h7-13H,5-6,14H2,1-4H3,(H,30,35)(H2,31,32,33,34). The Bertz CT molecular complexity index is 1400. The molecule has 0 aliphatic heterocycles. The summed E-state index contributed by atoms with van der Waals surface area (Å²) in [5.74, 6) is -2.15. The Morgan fingerprint density at radius 1 is 1.02 bits per heavy atom. The van der Waals surface area contributed by atoms with Gasteiger partial charge in [-0.3, -0.25) is 9.36 Å². The van der Waals surface area contributed by atoms with Crippen molar-refractivity contribution in [1.29, 1.82) is 0 Å². The van der Waals surface area contributed by atoms with E-state index >= 15 is 0 Å². The molecule has 0 saturated carbocycles. The first-order chi connectivity index (χ1) is 18.9. The highest BCUT2D eigenvalue weighted by Crippen LogP contribution is 2.51. The molecular formula is C25H28F4N5O5P. The number of halogens is 4. The minimum atomic E-state index is -4.87. The minimum absolute atomic E-state index is 0.0303. The number of rotatable bonds is 12. The van der Waals surface area contributed by atoms with Crippen molar-refractivity contribution in [3.05, 3.63) is 65.1 Å². The zero-order valence-electron chi connectivity index (χ0n) is 22.1. The highest BCUT2D eigenvalue weighted by molar-refractivity contribution is 7.53. The summed E-state index contributed by atoms with van der Waals surface area (Å²) >= 11 is 0. The lowest BCUT2D eigenvalue weighted by molar-refractivity contribution is -0.137. The molecule has 40 heavy (non-hydrogen) atoms. The third-order valence-corrected chi connectivity index (χ3v) is 7.40. The number of carbonyl (C=O) groups is 1. The third-order valence-electron chi connectivity index (χ3n) is 5.34. The second-order valence-corrected chi connectivity index (χ2v) is 10.2. The largest absolute Gasteiger partial charge is 0.495 e. The molecule has 0 aliphatic rings. The fourth-order valence-corrected chi connectivity index (χ4v) is 5.32. The first-order valence-electron chi connectivity index (χ1n) is 12.0. The van der Waals surface area contributed by atoms with Gasteiger partial charge in [0.25, 0.3) is 5.91 Å².